The molecule has 2 aliphatic rings. The van der Waals surface area contributed by atoms with Crippen molar-refractivity contribution < 1.29 is 93.8 Å². The van der Waals surface area contributed by atoms with Gasteiger partial charge in [0.25, 0.3) is 0 Å². The largest absolute Gasteiger partial charge is 1.00 e. The number of sulfonamides is 2. The minimum absolute atomic E-state index is 0. The molecular weight excluding hydrogens is 1990 g/mol. The first kappa shape index (κ1) is 121. The van der Waals surface area contributed by atoms with Gasteiger partial charge in [0, 0.05) is 177 Å². The van der Waals surface area contributed by atoms with Gasteiger partial charge < -0.3 is 56.6 Å². The summed E-state index contributed by atoms with van der Waals surface area (Å²) in [4.78, 5) is 34.0. The molecule has 0 fully saturated rings. The normalized spacial score (nSPS) is 12.3. The van der Waals surface area contributed by atoms with E-state index in [9.17, 15) is 52.5 Å². The summed E-state index contributed by atoms with van der Waals surface area (Å²) in [5.74, 6) is 0.0761. The number of carbonyl (C=O) groups excluding carboxylic acids is 1. The predicted octanol–water partition coefficient (Wildman–Crippen LogP) is 21.9. The fourth-order valence-corrected chi connectivity index (χ4v) is 16.9. The van der Waals surface area contributed by atoms with Gasteiger partial charge in [-0.15, -0.1) is 0 Å². The molecule has 0 saturated carbocycles. The Bertz CT molecular complexity index is 6290. The number of rotatable bonds is 30. The van der Waals surface area contributed by atoms with Crippen molar-refractivity contribution in [3.05, 3.63) is 417 Å². The van der Waals surface area contributed by atoms with Gasteiger partial charge in [0.2, 0.25) is 22.8 Å². The molecule has 0 aromatic heterocycles. The van der Waals surface area contributed by atoms with Crippen LogP contribution in [0.5, 0.6) is 0 Å². The number of fused-ring (bicyclic) bond motifs is 3. The molecule has 0 amide bonds. The van der Waals surface area contributed by atoms with Crippen LogP contribution in [0.15, 0.2) is 352 Å². The minimum atomic E-state index is -5.25. The Morgan fingerprint density at radius 3 is 0.808 bits per heavy atom. The molecule has 31 heteroatoms. The maximum Gasteiger partial charge on any atom is 1.00 e. The molecule has 766 valence electrons. The van der Waals surface area contributed by atoms with Crippen molar-refractivity contribution in [2.24, 2.45) is 0 Å². The van der Waals surface area contributed by atoms with Crippen molar-refractivity contribution in [2.75, 3.05) is 127 Å². The van der Waals surface area contributed by atoms with Crippen LogP contribution in [0.4, 0.5) is 83.2 Å². The monoisotopic (exact) mass is 2110 g/mol. The summed E-state index contributed by atoms with van der Waals surface area (Å²) in [6.07, 6.45) is 9.00. The summed E-state index contributed by atoms with van der Waals surface area (Å²) < 4.78 is 120. The van der Waals surface area contributed by atoms with E-state index in [1.807, 2.05) is 78.9 Å². The van der Waals surface area contributed by atoms with E-state index in [1.165, 1.54) is 100 Å². The molecule has 15 rings (SSSR count). The second kappa shape index (κ2) is 59.2. The smallest absolute Gasteiger partial charge is 1.00 e. The number of anilines is 8. The maximum absolute atomic E-state index is 12.7. The minimum Gasteiger partial charge on any atom is -1.00 e. The first-order valence-corrected chi connectivity index (χ1v) is 55.2. The molecule has 0 atom stereocenters. The van der Waals surface area contributed by atoms with Crippen molar-refractivity contribution in [3.8, 4) is 0 Å². The van der Waals surface area contributed by atoms with Gasteiger partial charge >= 0.3 is 35.1 Å². The van der Waals surface area contributed by atoms with E-state index >= 15 is 0 Å². The van der Waals surface area contributed by atoms with Gasteiger partial charge in [0.15, 0.2) is 25.8 Å². The van der Waals surface area contributed by atoms with Gasteiger partial charge in [-0.05, 0) is 317 Å². The zero-order valence-corrected chi connectivity index (χ0v) is 90.6. The van der Waals surface area contributed by atoms with Gasteiger partial charge in [-0.1, -0.05) is 176 Å². The molecule has 13 aromatic carbocycles. The van der Waals surface area contributed by atoms with Gasteiger partial charge in [-0.3, -0.25) is 9.36 Å². The number of hydrogen-bond donors (Lipinski definition) is 3. The first-order valence-electron chi connectivity index (χ1n) is 47.9. The standard InChI is InChI=1S/2C37H39N3.C21H28N2O.C16H13N.2C2H3F3NO2S.Cl3OP.ClH.Li/c2*1-5-39(6-2)31-22-18-28(19-23-31)37(29-20-24-32(25-21-29)40(7-3)8-4)35-26-27-36(34-17-13-12-16-33(34)35)38-30-14-10-9-11-15-30;1-5-22(6-2)19-13-9-17(10-14-19)21(24)18-11-15-20(16-12-18)23(7-3)8-4;1-2-9-14(10-3-1)17-16-12-6-8-13-7-4-5-11-15(13)16;2*1-6-9(7,8)2(3,4)5;1-5(2,3)4;;/h2*9-27H,5-8H2,1-4H3;9-16H,5-8H2,1-4H3;1-12,17H;2*1H3;;1H;/q;;;;2*-1;;;+1/p+1. The summed E-state index contributed by atoms with van der Waals surface area (Å²) in [6.45, 7) is 38.1. The molecule has 0 radical (unpaired) electrons. The number of nitrogens with one attached hydrogen (secondary N) is 3. The number of ketones is 1. The van der Waals surface area contributed by atoms with Crippen LogP contribution in [0, 0.1) is 0 Å². The SMILES string of the molecule is CCN(CC)c1ccc(C(=C2C=CC(=[NH+]c3ccccc3)c3ccccc32)c2ccc(N(CC)CC)cc2)cc1.CCN(CC)c1ccc(C(=C2C=CC(=[NH+]c3ccccc3)c3ccccc32)c2ccc(N(CC)CC)cc2)cc1.CCN(CC)c1ccc(C(=O)c2ccc(N(CC)CC)cc2)cc1.C[N-]S(=O)(=O)C(F)(F)F.C[N-]S(=O)(=O)C(F)(F)F.O=P(Cl)(Cl)Cl.[Cl-].[Li+].c1ccc(Nc2cccc3ccccc23)cc1. The Kier molecular flexibility index (Phi) is 49.0. The van der Waals surface area contributed by atoms with Crippen LogP contribution >= 0.6 is 38.9 Å². The van der Waals surface area contributed by atoms with E-state index in [4.69, 9.17) is 0 Å². The Hall–Kier alpha value is -11.9. The number of hydrogen-bond acceptors (Lipinski definition) is 13. The summed E-state index contributed by atoms with van der Waals surface area (Å²) in [6, 6.07) is 115. The average molecular weight is 2120 g/mol. The number of halogens is 10. The first-order chi connectivity index (χ1) is 69.0. The third kappa shape index (κ3) is 34.3. The Balaban J connectivity index is 0.000000252. The molecule has 3 N–H and O–H groups in total. The number of benzene rings is 13. The number of carbonyl (C=O) groups is 1. The van der Waals surface area contributed by atoms with Crippen LogP contribution in [0.3, 0.4) is 0 Å². The van der Waals surface area contributed by atoms with Crippen LogP contribution in [-0.4, -0.2) is 138 Å². The van der Waals surface area contributed by atoms with Crippen LogP contribution in [-0.2, 0) is 24.6 Å². The van der Waals surface area contributed by atoms with Gasteiger partial charge in [0.1, 0.15) is 0 Å². The van der Waals surface area contributed by atoms with Crippen molar-refractivity contribution in [3.63, 3.8) is 0 Å². The van der Waals surface area contributed by atoms with E-state index in [1.54, 1.807) is 0 Å². The van der Waals surface area contributed by atoms with Crippen LogP contribution in [0.2, 0.25) is 0 Å². The zero-order valence-electron chi connectivity index (χ0n) is 85.0. The molecule has 2 aliphatic carbocycles. The second-order valence-electron chi connectivity index (χ2n) is 32.4. The van der Waals surface area contributed by atoms with Crippen molar-refractivity contribution >= 4 is 166 Å². The van der Waals surface area contributed by atoms with E-state index in [2.05, 4.69) is 444 Å². The predicted molar refractivity (Wildman–Crippen MR) is 596 cm³/mol. The Morgan fingerprint density at radius 1 is 0.322 bits per heavy atom. The topological polar surface area (TPSA) is 190 Å². The van der Waals surface area contributed by atoms with E-state index in [0.717, 1.165) is 135 Å². The summed E-state index contributed by atoms with van der Waals surface area (Å²) in [7, 11) is -9.28. The molecule has 0 saturated heterocycles. The Morgan fingerprint density at radius 2 is 0.555 bits per heavy atom. The van der Waals surface area contributed by atoms with Gasteiger partial charge in [-0.25, -0.2) is 26.8 Å². The van der Waals surface area contributed by atoms with Crippen LogP contribution in [0.25, 0.3) is 42.5 Å². The molecule has 13 aromatic rings. The third-order valence-corrected chi connectivity index (χ3v) is 26.2. The zero-order chi connectivity index (χ0) is 105. The summed E-state index contributed by atoms with van der Waals surface area (Å²) >= 11 is 13.8. The quantitative estimate of drug-likeness (QED) is 0.0167. The Labute approximate surface area is 891 Å². The molecule has 17 nitrogen and oxygen atoms in total. The molecular formula is C115H127Cl4F6LiN11O6PS2. The van der Waals surface area contributed by atoms with Crippen LogP contribution < -0.4 is 76.0 Å². The molecule has 0 heterocycles. The number of alkyl halides is 6. The van der Waals surface area contributed by atoms with Crippen molar-refractivity contribution in [1.82, 2.24) is 0 Å². The van der Waals surface area contributed by atoms with Crippen molar-refractivity contribution in [1.29, 1.82) is 0 Å². The molecule has 146 heavy (non-hydrogen) atoms. The molecule has 0 aliphatic heterocycles. The molecule has 0 bridgehead atoms. The third-order valence-electron chi connectivity index (χ3n) is 24.1. The molecule has 0 spiro atoms. The average Bonchev–Trinajstić information content (AvgIpc) is 0.766. The van der Waals surface area contributed by atoms with Crippen molar-refractivity contribution in [2.45, 2.75) is 94.1 Å². The van der Waals surface area contributed by atoms with Gasteiger partial charge in [0.05, 0.1) is 11.1 Å². The second-order valence-corrected chi connectivity index (χ2v) is 42.6. The van der Waals surface area contributed by atoms with Gasteiger partial charge in [-0.2, -0.15) is 40.4 Å². The van der Waals surface area contributed by atoms with E-state index in [0.29, 0.717) is 14.1 Å². The summed E-state index contributed by atoms with van der Waals surface area (Å²) in [5.41, 5.74) is 19.8. The number of para-hydroxylation sites is 3. The molecule has 0 unspecified atom stereocenters. The fourth-order valence-electron chi connectivity index (χ4n) is 16.5. The van der Waals surface area contributed by atoms with Crippen LogP contribution in [0.1, 0.15) is 144 Å². The number of allylic oxidation sites excluding steroid dienone is 6. The van der Waals surface area contributed by atoms with E-state index in [-0.39, 0.29) is 37.1 Å². The fraction of sp³-hybridized carbons (Fsp3) is 0.243. The summed E-state index contributed by atoms with van der Waals surface area (Å²) in [5, 5.41) is 2.73. The number of nitrogens with zero attached hydrogens (tertiary/aromatic N) is 8. The maximum atomic E-state index is 12.7. The van der Waals surface area contributed by atoms with E-state index < -0.39 is 36.3 Å².